The summed E-state index contributed by atoms with van der Waals surface area (Å²) in [6, 6.07) is 12.8. The Labute approximate surface area is 180 Å². The van der Waals surface area contributed by atoms with E-state index in [9.17, 15) is 9.90 Å². The number of amides is 1. The second-order valence-corrected chi connectivity index (χ2v) is 8.25. The number of halogens is 1. The van der Waals surface area contributed by atoms with Crippen LogP contribution in [0.1, 0.15) is 49.1 Å². The van der Waals surface area contributed by atoms with Gasteiger partial charge in [-0.2, -0.15) is 0 Å². The number of nitrogens with one attached hydrogen (secondary N) is 2. The number of hydrogen-bond acceptors (Lipinski definition) is 4. The second-order valence-electron chi connectivity index (χ2n) is 7.82. The smallest absolute Gasteiger partial charge is 0.223 e. The van der Waals surface area contributed by atoms with Crippen molar-refractivity contribution in [1.82, 2.24) is 15.3 Å². The van der Waals surface area contributed by atoms with Crippen molar-refractivity contribution in [2.24, 2.45) is 5.92 Å². The zero-order valence-electron chi connectivity index (χ0n) is 16.9. The molecule has 7 heteroatoms. The molecule has 0 unspecified atom stereocenters. The number of benzene rings is 2. The highest BCUT2D eigenvalue weighted by molar-refractivity contribution is 6.31. The molecule has 6 nitrogen and oxygen atoms in total. The van der Waals surface area contributed by atoms with Crippen molar-refractivity contribution >= 4 is 28.5 Å². The standard InChI is InChI=1S/C23H26ClN3O3/c1-30-16-6-4-5-14(11-16)21(28)13-25-23(29)18-8-3-2-7-17(18)22-26-19-10-9-15(24)12-20(19)27-22/h4-6,9-12,17-18,21,28H,2-3,7-8,13H2,1H3,(H,25,29)(H,26,27)/t17-,18-,21-/m1/s1. The van der Waals surface area contributed by atoms with Gasteiger partial charge in [0.1, 0.15) is 11.6 Å². The number of methoxy groups -OCH3 is 1. The highest BCUT2D eigenvalue weighted by atomic mass is 35.5. The Morgan fingerprint density at radius 3 is 2.97 bits per heavy atom. The molecule has 2 aromatic carbocycles. The summed E-state index contributed by atoms with van der Waals surface area (Å²) in [5, 5.41) is 14.1. The van der Waals surface area contributed by atoms with Gasteiger partial charge >= 0.3 is 0 Å². The van der Waals surface area contributed by atoms with Crippen LogP contribution >= 0.6 is 11.6 Å². The summed E-state index contributed by atoms with van der Waals surface area (Å²) in [5.41, 5.74) is 2.45. The fourth-order valence-electron chi connectivity index (χ4n) is 4.24. The molecule has 1 aliphatic rings. The largest absolute Gasteiger partial charge is 0.497 e. The van der Waals surface area contributed by atoms with Crippen molar-refractivity contribution in [2.45, 2.75) is 37.7 Å². The van der Waals surface area contributed by atoms with Crippen LogP contribution in [0, 0.1) is 5.92 Å². The van der Waals surface area contributed by atoms with Gasteiger partial charge in [0.05, 0.1) is 24.2 Å². The van der Waals surface area contributed by atoms with Crippen molar-refractivity contribution in [3.63, 3.8) is 0 Å². The van der Waals surface area contributed by atoms with E-state index < -0.39 is 6.10 Å². The lowest BCUT2D eigenvalue weighted by Crippen LogP contribution is -2.38. The maximum Gasteiger partial charge on any atom is 0.223 e. The number of aliphatic hydroxyl groups is 1. The van der Waals surface area contributed by atoms with Gasteiger partial charge in [0.15, 0.2) is 0 Å². The summed E-state index contributed by atoms with van der Waals surface area (Å²) < 4.78 is 5.20. The summed E-state index contributed by atoms with van der Waals surface area (Å²) in [4.78, 5) is 21.1. The maximum atomic E-state index is 13.0. The minimum absolute atomic E-state index is 0.0267. The first-order chi connectivity index (χ1) is 14.5. The fourth-order valence-corrected chi connectivity index (χ4v) is 4.42. The average Bonchev–Trinajstić information content (AvgIpc) is 3.20. The Bertz CT molecular complexity index is 1040. The number of carbonyl (C=O) groups is 1. The van der Waals surface area contributed by atoms with Crippen LogP contribution in [0.3, 0.4) is 0 Å². The van der Waals surface area contributed by atoms with Crippen LogP contribution in [-0.4, -0.2) is 34.6 Å². The first-order valence-corrected chi connectivity index (χ1v) is 10.7. The molecule has 1 aliphatic carbocycles. The summed E-state index contributed by atoms with van der Waals surface area (Å²) in [5.74, 6) is 1.32. The molecule has 4 rings (SSSR count). The van der Waals surface area contributed by atoms with Crippen LogP contribution < -0.4 is 10.1 Å². The van der Waals surface area contributed by atoms with Gasteiger partial charge < -0.3 is 20.1 Å². The Hall–Kier alpha value is -2.57. The normalized spacial score (nSPS) is 20.1. The van der Waals surface area contributed by atoms with Gasteiger partial charge in [-0.15, -0.1) is 0 Å². The lowest BCUT2D eigenvalue weighted by molar-refractivity contribution is -0.127. The third-order valence-electron chi connectivity index (χ3n) is 5.86. The van der Waals surface area contributed by atoms with E-state index >= 15 is 0 Å². The topological polar surface area (TPSA) is 87.2 Å². The van der Waals surface area contributed by atoms with E-state index in [0.717, 1.165) is 42.5 Å². The Morgan fingerprint density at radius 2 is 2.13 bits per heavy atom. The van der Waals surface area contributed by atoms with E-state index in [0.29, 0.717) is 16.3 Å². The van der Waals surface area contributed by atoms with Crippen LogP contribution in [0.5, 0.6) is 5.75 Å². The number of imidazole rings is 1. The van der Waals surface area contributed by atoms with E-state index in [2.05, 4.69) is 10.3 Å². The zero-order chi connectivity index (χ0) is 21.1. The molecule has 1 heterocycles. The zero-order valence-corrected chi connectivity index (χ0v) is 17.7. The molecule has 0 radical (unpaired) electrons. The predicted molar refractivity (Wildman–Crippen MR) is 117 cm³/mol. The lowest BCUT2D eigenvalue weighted by atomic mass is 9.78. The van der Waals surface area contributed by atoms with Crippen molar-refractivity contribution in [1.29, 1.82) is 0 Å². The van der Waals surface area contributed by atoms with Crippen molar-refractivity contribution in [3.8, 4) is 5.75 Å². The third-order valence-corrected chi connectivity index (χ3v) is 6.10. The first kappa shape index (κ1) is 20.7. The number of carbonyl (C=O) groups excluding carboxylic acids is 1. The van der Waals surface area contributed by atoms with E-state index in [4.69, 9.17) is 21.3 Å². The van der Waals surface area contributed by atoms with Crippen LogP contribution in [0.25, 0.3) is 11.0 Å². The molecule has 1 fully saturated rings. The van der Waals surface area contributed by atoms with E-state index in [-0.39, 0.29) is 24.3 Å². The number of H-pyrrole nitrogens is 1. The molecule has 30 heavy (non-hydrogen) atoms. The van der Waals surface area contributed by atoms with Crippen LogP contribution in [0.2, 0.25) is 5.02 Å². The molecule has 0 saturated heterocycles. The number of aromatic amines is 1. The summed E-state index contributed by atoms with van der Waals surface area (Å²) in [6.45, 7) is 0.158. The SMILES string of the molecule is COc1cccc([C@H](O)CNC(=O)[C@@H]2CCCC[C@H]2c2nc3ccc(Cl)cc3[nH]2)c1. The van der Waals surface area contributed by atoms with Crippen LogP contribution in [-0.2, 0) is 4.79 Å². The molecule has 3 N–H and O–H groups in total. The van der Waals surface area contributed by atoms with Gasteiger partial charge in [-0.1, -0.05) is 36.6 Å². The van der Waals surface area contributed by atoms with Gasteiger partial charge in [0.2, 0.25) is 5.91 Å². The quantitative estimate of drug-likeness (QED) is 0.545. The highest BCUT2D eigenvalue weighted by Gasteiger charge is 2.34. The number of aliphatic hydroxyl groups excluding tert-OH is 1. The lowest BCUT2D eigenvalue weighted by Gasteiger charge is -2.29. The number of hydrogen-bond donors (Lipinski definition) is 3. The fraction of sp³-hybridized carbons (Fsp3) is 0.391. The predicted octanol–water partition coefficient (Wildman–Crippen LogP) is 4.35. The monoisotopic (exact) mass is 427 g/mol. The van der Waals surface area contributed by atoms with Crippen molar-refractivity contribution in [2.75, 3.05) is 13.7 Å². The minimum atomic E-state index is -0.792. The van der Waals surface area contributed by atoms with Crippen molar-refractivity contribution in [3.05, 3.63) is 58.9 Å². The van der Waals surface area contributed by atoms with E-state index in [1.807, 2.05) is 36.4 Å². The van der Waals surface area contributed by atoms with Gasteiger partial charge in [-0.05, 0) is 48.7 Å². The number of ether oxygens (including phenoxy) is 1. The number of rotatable bonds is 6. The molecule has 3 atom stereocenters. The number of nitrogens with zero attached hydrogens (tertiary/aromatic N) is 1. The second kappa shape index (κ2) is 9.06. The molecule has 1 saturated carbocycles. The first-order valence-electron chi connectivity index (χ1n) is 10.3. The summed E-state index contributed by atoms with van der Waals surface area (Å²) in [6.07, 6.45) is 3.00. The van der Waals surface area contributed by atoms with Gasteiger partial charge in [-0.3, -0.25) is 4.79 Å². The van der Waals surface area contributed by atoms with Gasteiger partial charge in [0, 0.05) is 23.4 Å². The maximum absolute atomic E-state index is 13.0. The van der Waals surface area contributed by atoms with Gasteiger partial charge in [-0.25, -0.2) is 4.98 Å². The minimum Gasteiger partial charge on any atom is -0.497 e. The summed E-state index contributed by atoms with van der Waals surface area (Å²) in [7, 11) is 1.59. The number of aromatic nitrogens is 2. The molecule has 0 bridgehead atoms. The van der Waals surface area contributed by atoms with Gasteiger partial charge in [0.25, 0.3) is 0 Å². The average molecular weight is 428 g/mol. The Morgan fingerprint density at radius 1 is 1.30 bits per heavy atom. The molecule has 1 amide bonds. The van der Waals surface area contributed by atoms with E-state index in [1.54, 1.807) is 13.2 Å². The van der Waals surface area contributed by atoms with E-state index in [1.165, 1.54) is 0 Å². The highest BCUT2D eigenvalue weighted by Crippen LogP contribution is 2.37. The summed E-state index contributed by atoms with van der Waals surface area (Å²) >= 11 is 6.09. The molecule has 3 aromatic rings. The Balaban J connectivity index is 1.45. The van der Waals surface area contributed by atoms with Crippen LogP contribution in [0.4, 0.5) is 0 Å². The van der Waals surface area contributed by atoms with Crippen LogP contribution in [0.15, 0.2) is 42.5 Å². The molecular weight excluding hydrogens is 402 g/mol. The third kappa shape index (κ3) is 4.45. The number of fused-ring (bicyclic) bond motifs is 1. The van der Waals surface area contributed by atoms with Crippen molar-refractivity contribution < 1.29 is 14.6 Å². The molecule has 0 aliphatic heterocycles. The molecule has 158 valence electrons. The molecule has 0 spiro atoms. The molecule has 1 aromatic heterocycles. The molecular formula is C23H26ClN3O3. The Kier molecular flexibility index (Phi) is 6.25.